The first-order chi connectivity index (χ1) is 9.65. The van der Waals surface area contributed by atoms with Crippen molar-refractivity contribution in [2.24, 2.45) is 0 Å². The first-order valence-electron chi connectivity index (χ1n) is 6.42. The van der Waals surface area contributed by atoms with Gasteiger partial charge in [0.25, 0.3) is 5.91 Å². The van der Waals surface area contributed by atoms with Gasteiger partial charge in [0.05, 0.1) is 12.1 Å². The van der Waals surface area contributed by atoms with Crippen LogP contribution >= 0.6 is 11.3 Å². The largest absolute Gasteiger partial charge is 0.464 e. The maximum Gasteiger partial charge on any atom is 0.255 e. The van der Waals surface area contributed by atoms with E-state index in [-0.39, 0.29) is 5.91 Å². The van der Waals surface area contributed by atoms with Crippen molar-refractivity contribution in [1.29, 1.82) is 0 Å². The second kappa shape index (κ2) is 5.13. The van der Waals surface area contributed by atoms with E-state index in [1.807, 2.05) is 48.7 Å². The molecule has 20 heavy (non-hydrogen) atoms. The van der Waals surface area contributed by atoms with Gasteiger partial charge >= 0.3 is 0 Å². The van der Waals surface area contributed by atoms with E-state index < -0.39 is 0 Å². The molecule has 102 valence electrons. The molecule has 0 aliphatic rings. The molecule has 0 bridgehead atoms. The number of carbonyl (C=O) groups excluding carboxylic acids is 1. The Hall–Kier alpha value is -2.07. The van der Waals surface area contributed by atoms with Gasteiger partial charge < -0.3 is 9.32 Å². The van der Waals surface area contributed by atoms with Crippen LogP contribution in [0.25, 0.3) is 10.1 Å². The average molecular weight is 285 g/mol. The fourth-order valence-electron chi connectivity index (χ4n) is 2.22. The van der Waals surface area contributed by atoms with Crippen LogP contribution < -0.4 is 0 Å². The molecule has 0 saturated carbocycles. The molecule has 1 aromatic carbocycles. The molecule has 0 fully saturated rings. The molecular weight excluding hydrogens is 270 g/mol. The number of furan rings is 1. The van der Waals surface area contributed by atoms with Gasteiger partial charge in [0.1, 0.15) is 11.5 Å². The molecule has 0 atom stereocenters. The summed E-state index contributed by atoms with van der Waals surface area (Å²) in [5.41, 5.74) is 0.761. The van der Waals surface area contributed by atoms with Gasteiger partial charge in [-0.2, -0.15) is 0 Å². The van der Waals surface area contributed by atoms with Crippen LogP contribution in [0, 0.1) is 6.92 Å². The molecule has 0 N–H and O–H groups in total. The molecule has 1 amide bonds. The fourth-order valence-corrected chi connectivity index (χ4v) is 3.16. The van der Waals surface area contributed by atoms with Gasteiger partial charge in [-0.3, -0.25) is 4.79 Å². The van der Waals surface area contributed by atoms with Gasteiger partial charge in [0.15, 0.2) is 0 Å². The Morgan fingerprint density at radius 3 is 2.80 bits per heavy atom. The summed E-state index contributed by atoms with van der Waals surface area (Å²) in [4.78, 5) is 14.2. The van der Waals surface area contributed by atoms with Crippen molar-refractivity contribution >= 4 is 27.3 Å². The molecule has 0 aliphatic carbocycles. The molecule has 3 rings (SSSR count). The molecule has 3 aromatic rings. The highest BCUT2D eigenvalue weighted by Crippen LogP contribution is 2.26. The average Bonchev–Trinajstić information content (AvgIpc) is 3.04. The Morgan fingerprint density at radius 1 is 1.25 bits per heavy atom. The first-order valence-corrected chi connectivity index (χ1v) is 7.30. The quantitative estimate of drug-likeness (QED) is 0.726. The SMILES string of the molecule is Cc1ccc(CN(C)C(=O)c2csc3ccccc23)o1. The molecule has 0 radical (unpaired) electrons. The minimum Gasteiger partial charge on any atom is -0.464 e. The maximum absolute atomic E-state index is 12.5. The van der Waals surface area contributed by atoms with E-state index in [1.165, 1.54) is 0 Å². The van der Waals surface area contributed by atoms with Gasteiger partial charge in [-0.05, 0) is 25.1 Å². The Kier molecular flexibility index (Phi) is 3.32. The van der Waals surface area contributed by atoms with Gasteiger partial charge in [-0.15, -0.1) is 11.3 Å². The summed E-state index contributed by atoms with van der Waals surface area (Å²) in [6.07, 6.45) is 0. The molecule has 0 aliphatic heterocycles. The molecular formula is C16H15NO2S. The van der Waals surface area contributed by atoms with Crippen molar-refractivity contribution in [2.75, 3.05) is 7.05 Å². The van der Waals surface area contributed by atoms with Crippen LogP contribution in [0.1, 0.15) is 21.9 Å². The Morgan fingerprint density at radius 2 is 2.05 bits per heavy atom. The molecule has 4 heteroatoms. The van der Waals surface area contributed by atoms with Crippen molar-refractivity contribution in [2.45, 2.75) is 13.5 Å². The lowest BCUT2D eigenvalue weighted by Gasteiger charge is -2.15. The molecule has 2 aromatic heterocycles. The lowest BCUT2D eigenvalue weighted by atomic mass is 10.1. The number of nitrogens with zero attached hydrogens (tertiary/aromatic N) is 1. The smallest absolute Gasteiger partial charge is 0.255 e. The lowest BCUT2D eigenvalue weighted by molar-refractivity contribution is 0.0777. The number of rotatable bonds is 3. The summed E-state index contributed by atoms with van der Waals surface area (Å²) in [7, 11) is 1.80. The third kappa shape index (κ3) is 2.34. The van der Waals surface area contributed by atoms with Crippen LogP contribution in [0.4, 0.5) is 0 Å². The van der Waals surface area contributed by atoms with Crippen LogP contribution in [-0.2, 0) is 6.54 Å². The summed E-state index contributed by atoms with van der Waals surface area (Å²) in [6.45, 7) is 2.38. The maximum atomic E-state index is 12.5. The summed E-state index contributed by atoms with van der Waals surface area (Å²) in [5.74, 6) is 1.69. The second-order valence-corrected chi connectivity index (χ2v) is 5.73. The highest BCUT2D eigenvalue weighted by atomic mass is 32.1. The van der Waals surface area contributed by atoms with E-state index in [9.17, 15) is 4.79 Å². The molecule has 3 nitrogen and oxygen atoms in total. The predicted octanol–water partition coefficient (Wildman–Crippen LogP) is 4.07. The highest BCUT2D eigenvalue weighted by Gasteiger charge is 2.17. The molecule has 0 saturated heterocycles. The number of carbonyl (C=O) groups is 1. The fraction of sp³-hybridized carbons (Fsp3) is 0.188. The number of thiophene rings is 1. The molecule has 0 spiro atoms. The number of fused-ring (bicyclic) bond motifs is 1. The number of benzene rings is 1. The number of aryl methyl sites for hydroxylation is 1. The molecule has 2 heterocycles. The van der Waals surface area contributed by atoms with Gasteiger partial charge in [-0.1, -0.05) is 18.2 Å². The van der Waals surface area contributed by atoms with Gasteiger partial charge in [0, 0.05) is 22.5 Å². The van der Waals surface area contributed by atoms with E-state index in [1.54, 1.807) is 23.3 Å². The number of amides is 1. The van der Waals surface area contributed by atoms with Gasteiger partial charge in [-0.25, -0.2) is 0 Å². The highest BCUT2D eigenvalue weighted by molar-refractivity contribution is 7.17. The minimum atomic E-state index is 0.0245. The van der Waals surface area contributed by atoms with Crippen molar-refractivity contribution < 1.29 is 9.21 Å². The van der Waals surface area contributed by atoms with Crippen molar-refractivity contribution in [3.8, 4) is 0 Å². The third-order valence-electron chi connectivity index (χ3n) is 3.25. The Bertz CT molecular complexity index is 757. The summed E-state index contributed by atoms with van der Waals surface area (Å²) in [6, 6.07) is 11.8. The van der Waals surface area contributed by atoms with E-state index in [2.05, 4.69) is 0 Å². The summed E-state index contributed by atoms with van der Waals surface area (Å²) < 4.78 is 6.65. The number of hydrogen-bond acceptors (Lipinski definition) is 3. The summed E-state index contributed by atoms with van der Waals surface area (Å²) >= 11 is 1.60. The van der Waals surface area contributed by atoms with Crippen LogP contribution in [0.2, 0.25) is 0 Å². The Labute approximate surface area is 121 Å². The normalized spacial score (nSPS) is 10.9. The van der Waals surface area contributed by atoms with E-state index in [0.717, 1.165) is 27.2 Å². The topological polar surface area (TPSA) is 33.5 Å². The van der Waals surface area contributed by atoms with E-state index in [4.69, 9.17) is 4.42 Å². The van der Waals surface area contributed by atoms with Crippen LogP contribution in [-0.4, -0.2) is 17.9 Å². The standard InChI is InChI=1S/C16H15NO2S/c1-11-7-8-12(19-11)9-17(2)16(18)14-10-20-15-6-4-3-5-13(14)15/h3-8,10H,9H2,1-2H3. The van der Waals surface area contributed by atoms with Crippen LogP contribution in [0.5, 0.6) is 0 Å². The molecule has 0 unspecified atom stereocenters. The Balaban J connectivity index is 1.84. The monoisotopic (exact) mass is 285 g/mol. The third-order valence-corrected chi connectivity index (χ3v) is 4.21. The van der Waals surface area contributed by atoms with Crippen LogP contribution in [0.15, 0.2) is 46.2 Å². The van der Waals surface area contributed by atoms with E-state index in [0.29, 0.717) is 6.54 Å². The zero-order chi connectivity index (χ0) is 14.1. The predicted molar refractivity (Wildman–Crippen MR) is 81.1 cm³/mol. The minimum absolute atomic E-state index is 0.0245. The first kappa shape index (κ1) is 12.9. The number of hydrogen-bond donors (Lipinski definition) is 0. The lowest BCUT2D eigenvalue weighted by Crippen LogP contribution is -2.25. The zero-order valence-electron chi connectivity index (χ0n) is 11.4. The van der Waals surface area contributed by atoms with Crippen molar-refractivity contribution in [1.82, 2.24) is 4.90 Å². The van der Waals surface area contributed by atoms with Crippen LogP contribution in [0.3, 0.4) is 0 Å². The van der Waals surface area contributed by atoms with Crippen molar-refractivity contribution in [3.05, 3.63) is 58.9 Å². The zero-order valence-corrected chi connectivity index (χ0v) is 12.2. The van der Waals surface area contributed by atoms with Gasteiger partial charge in [0.2, 0.25) is 0 Å². The second-order valence-electron chi connectivity index (χ2n) is 4.82. The van der Waals surface area contributed by atoms with Crippen molar-refractivity contribution in [3.63, 3.8) is 0 Å². The van der Waals surface area contributed by atoms with E-state index >= 15 is 0 Å². The summed E-state index contributed by atoms with van der Waals surface area (Å²) in [5, 5.41) is 2.95.